The molecule has 11 heteroatoms. The van der Waals surface area contributed by atoms with Gasteiger partial charge in [-0.1, -0.05) is 17.7 Å². The van der Waals surface area contributed by atoms with Crippen molar-refractivity contribution in [3.8, 4) is 11.5 Å². The van der Waals surface area contributed by atoms with E-state index < -0.39 is 22.5 Å². The Morgan fingerprint density at radius 2 is 1.82 bits per heavy atom. The topological polar surface area (TPSA) is 110 Å². The smallest absolute Gasteiger partial charge is 0.264 e. The van der Waals surface area contributed by atoms with Crippen molar-refractivity contribution in [3.63, 3.8) is 0 Å². The molecule has 0 fully saturated rings. The maximum Gasteiger partial charge on any atom is 0.264 e. The van der Waals surface area contributed by atoms with Crippen molar-refractivity contribution in [2.75, 3.05) is 25.1 Å². The molecule has 1 N–H and O–H groups in total. The Bertz CT molecular complexity index is 1280. The third-order valence-corrected chi connectivity index (χ3v) is 7.37. The number of carbonyl (C=O) groups is 1. The van der Waals surface area contributed by atoms with Crippen LogP contribution in [0.2, 0.25) is 0 Å². The van der Waals surface area contributed by atoms with Crippen molar-refractivity contribution in [1.29, 1.82) is 0 Å². The molecule has 0 saturated carbocycles. The van der Waals surface area contributed by atoms with Crippen molar-refractivity contribution in [3.05, 3.63) is 70.1 Å². The summed E-state index contributed by atoms with van der Waals surface area (Å²) in [7, 11) is -1.27. The minimum Gasteiger partial charge on any atom is -0.497 e. The van der Waals surface area contributed by atoms with Crippen LogP contribution in [-0.2, 0) is 14.8 Å². The molecular formula is C23H24BrN3O6S. The number of methoxy groups -OCH3 is 2. The first-order valence-corrected chi connectivity index (χ1v) is 12.3. The Hall–Kier alpha value is -3.31. The number of ether oxygens (including phenoxy) is 2. The molecule has 0 bridgehead atoms. The van der Waals surface area contributed by atoms with E-state index in [9.17, 15) is 13.2 Å². The molecule has 0 aliphatic carbocycles. The molecule has 3 rings (SSSR count). The zero-order valence-electron chi connectivity index (χ0n) is 19.0. The lowest BCUT2D eigenvalue weighted by molar-refractivity contribution is -0.119. The number of amides is 1. The molecule has 3 aromatic rings. The Kier molecular flexibility index (Phi) is 8.00. The van der Waals surface area contributed by atoms with Crippen LogP contribution in [0.25, 0.3) is 0 Å². The van der Waals surface area contributed by atoms with Crippen LogP contribution < -0.4 is 19.2 Å². The molecule has 0 unspecified atom stereocenters. The van der Waals surface area contributed by atoms with Crippen LogP contribution in [0.15, 0.2) is 67.4 Å². The van der Waals surface area contributed by atoms with E-state index in [-0.39, 0.29) is 16.3 Å². The van der Waals surface area contributed by atoms with Gasteiger partial charge in [-0.3, -0.25) is 9.10 Å². The summed E-state index contributed by atoms with van der Waals surface area (Å²) in [5.74, 6) is 1.07. The van der Waals surface area contributed by atoms with E-state index in [2.05, 4.69) is 26.5 Å². The highest BCUT2D eigenvalue weighted by Crippen LogP contribution is 2.35. The lowest BCUT2D eigenvalue weighted by Crippen LogP contribution is -2.39. The fourth-order valence-corrected chi connectivity index (χ4v) is 4.74. The van der Waals surface area contributed by atoms with Crippen LogP contribution in [0.4, 0.5) is 5.69 Å². The van der Waals surface area contributed by atoms with Crippen LogP contribution in [0.5, 0.6) is 11.5 Å². The Labute approximate surface area is 206 Å². The van der Waals surface area contributed by atoms with Crippen LogP contribution in [0.3, 0.4) is 0 Å². The second kappa shape index (κ2) is 10.7. The second-order valence-corrected chi connectivity index (χ2v) is 9.93. The van der Waals surface area contributed by atoms with Crippen molar-refractivity contribution in [1.82, 2.24) is 5.43 Å². The predicted octanol–water partition coefficient (Wildman–Crippen LogP) is 4.02. The number of benzene rings is 2. The summed E-state index contributed by atoms with van der Waals surface area (Å²) in [6.07, 6.45) is 1.32. The van der Waals surface area contributed by atoms with Crippen molar-refractivity contribution in [2.24, 2.45) is 5.10 Å². The molecule has 0 aliphatic rings. The number of nitrogens with one attached hydrogen (secondary N) is 1. The molecule has 1 amide bonds. The van der Waals surface area contributed by atoms with Gasteiger partial charge in [-0.15, -0.1) is 0 Å². The van der Waals surface area contributed by atoms with Crippen molar-refractivity contribution < 1.29 is 27.1 Å². The molecule has 34 heavy (non-hydrogen) atoms. The van der Waals surface area contributed by atoms with E-state index in [1.165, 1.54) is 38.6 Å². The van der Waals surface area contributed by atoms with Gasteiger partial charge >= 0.3 is 0 Å². The molecule has 9 nitrogen and oxygen atoms in total. The average molecular weight is 550 g/mol. The van der Waals surface area contributed by atoms with Gasteiger partial charge in [-0.05, 0) is 54.0 Å². The normalized spacial score (nSPS) is 11.4. The van der Waals surface area contributed by atoms with Gasteiger partial charge in [0.15, 0.2) is 0 Å². The maximum absolute atomic E-state index is 13.6. The summed E-state index contributed by atoms with van der Waals surface area (Å²) in [4.78, 5) is 12.8. The molecule has 180 valence electrons. The first-order valence-electron chi connectivity index (χ1n) is 10.0. The molecule has 0 saturated heterocycles. The lowest BCUT2D eigenvalue weighted by Gasteiger charge is -2.25. The number of hydrogen-bond donors (Lipinski definition) is 1. The highest BCUT2D eigenvalue weighted by Gasteiger charge is 2.30. The van der Waals surface area contributed by atoms with E-state index in [0.29, 0.717) is 17.3 Å². The number of aryl methyl sites for hydroxylation is 2. The Morgan fingerprint density at radius 1 is 1.12 bits per heavy atom. The van der Waals surface area contributed by atoms with Gasteiger partial charge in [-0.25, -0.2) is 13.8 Å². The van der Waals surface area contributed by atoms with Crippen molar-refractivity contribution >= 4 is 43.8 Å². The lowest BCUT2D eigenvalue weighted by atomic mass is 10.2. The van der Waals surface area contributed by atoms with E-state index in [0.717, 1.165) is 14.3 Å². The molecule has 0 aliphatic heterocycles. The minimum atomic E-state index is -4.14. The van der Waals surface area contributed by atoms with Crippen LogP contribution >= 0.6 is 15.9 Å². The van der Waals surface area contributed by atoms with Crippen LogP contribution in [-0.4, -0.2) is 41.3 Å². The van der Waals surface area contributed by atoms with E-state index in [1.807, 2.05) is 6.92 Å². The molecule has 0 spiro atoms. The van der Waals surface area contributed by atoms with Gasteiger partial charge in [0, 0.05) is 12.1 Å². The summed E-state index contributed by atoms with van der Waals surface area (Å²) < 4.78 is 44.9. The summed E-state index contributed by atoms with van der Waals surface area (Å²) >= 11 is 3.33. The third-order valence-electron chi connectivity index (χ3n) is 4.81. The number of nitrogens with zero attached hydrogens (tertiary/aromatic N) is 2. The Balaban J connectivity index is 1.95. The number of anilines is 1. The highest BCUT2D eigenvalue weighted by atomic mass is 79.9. The van der Waals surface area contributed by atoms with Crippen LogP contribution in [0.1, 0.15) is 17.1 Å². The summed E-state index contributed by atoms with van der Waals surface area (Å²) in [5, 5.41) is 3.87. The average Bonchev–Trinajstić information content (AvgIpc) is 3.14. The zero-order chi connectivity index (χ0) is 24.9. The molecule has 2 aromatic carbocycles. The van der Waals surface area contributed by atoms with Gasteiger partial charge in [0.05, 0.1) is 35.5 Å². The number of halogens is 1. The number of sulfonamides is 1. The third kappa shape index (κ3) is 5.78. The van der Waals surface area contributed by atoms with E-state index in [1.54, 1.807) is 37.3 Å². The number of furan rings is 1. The predicted molar refractivity (Wildman–Crippen MR) is 132 cm³/mol. The monoisotopic (exact) mass is 549 g/mol. The van der Waals surface area contributed by atoms with Crippen LogP contribution in [0, 0.1) is 13.8 Å². The van der Waals surface area contributed by atoms with E-state index in [4.69, 9.17) is 13.9 Å². The number of hydrazone groups is 1. The molecule has 1 heterocycles. The maximum atomic E-state index is 13.6. The number of carbonyl (C=O) groups excluding carboxylic acids is 1. The fraction of sp³-hybridized carbons (Fsp3) is 0.217. The standard InChI is InChI=1S/C23H24BrN3O6S/c1-15-5-8-19(9-6-15)34(29,30)27(21-12-17(31-3)7-10-22(21)32-4)14-23(28)26-25-13-18-11-20(24)16(2)33-18/h5-13H,14H2,1-4H3,(H,26,28)/b25-13-. The summed E-state index contributed by atoms with van der Waals surface area (Å²) in [5.41, 5.74) is 3.38. The minimum absolute atomic E-state index is 0.0233. The van der Waals surface area contributed by atoms with Crippen molar-refractivity contribution in [2.45, 2.75) is 18.7 Å². The molecule has 0 radical (unpaired) electrons. The zero-order valence-corrected chi connectivity index (χ0v) is 21.4. The molecular weight excluding hydrogens is 526 g/mol. The fourth-order valence-electron chi connectivity index (χ4n) is 3.01. The first-order chi connectivity index (χ1) is 16.1. The first kappa shape index (κ1) is 25.3. The second-order valence-electron chi connectivity index (χ2n) is 7.21. The summed E-state index contributed by atoms with van der Waals surface area (Å²) in [6, 6.07) is 12.7. The van der Waals surface area contributed by atoms with E-state index >= 15 is 0 Å². The molecule has 0 atom stereocenters. The number of rotatable bonds is 9. The molecule has 1 aromatic heterocycles. The van der Waals surface area contributed by atoms with Gasteiger partial charge in [0.2, 0.25) is 0 Å². The van der Waals surface area contributed by atoms with Gasteiger partial charge in [-0.2, -0.15) is 5.10 Å². The summed E-state index contributed by atoms with van der Waals surface area (Å²) in [6.45, 7) is 3.07. The SMILES string of the molecule is COc1ccc(OC)c(N(CC(=O)N/N=C\c2cc(Br)c(C)o2)S(=O)(=O)c2ccc(C)cc2)c1. The van der Waals surface area contributed by atoms with Gasteiger partial charge in [0.25, 0.3) is 15.9 Å². The Morgan fingerprint density at radius 3 is 2.41 bits per heavy atom. The highest BCUT2D eigenvalue weighted by molar-refractivity contribution is 9.10. The largest absolute Gasteiger partial charge is 0.497 e. The number of hydrogen-bond acceptors (Lipinski definition) is 7. The van der Waals surface area contributed by atoms with Gasteiger partial charge < -0.3 is 13.9 Å². The van der Waals surface area contributed by atoms with Gasteiger partial charge in [0.1, 0.15) is 29.6 Å². The quantitative estimate of drug-likeness (QED) is 0.318.